The molecule has 1 fully saturated rings. The number of rotatable bonds is 3. The lowest BCUT2D eigenvalue weighted by Crippen LogP contribution is -2.49. The molecule has 0 aliphatic heterocycles. The van der Waals surface area contributed by atoms with Gasteiger partial charge in [0.1, 0.15) is 0 Å². The van der Waals surface area contributed by atoms with Crippen LogP contribution >= 0.6 is 0 Å². The van der Waals surface area contributed by atoms with Crippen LogP contribution in [-0.4, -0.2) is 17.6 Å². The Morgan fingerprint density at radius 1 is 1.67 bits per heavy atom. The topological polar surface area (TPSA) is 63.3 Å². The van der Waals surface area contributed by atoms with Gasteiger partial charge in [-0.05, 0) is 30.7 Å². The van der Waals surface area contributed by atoms with Crippen molar-refractivity contribution >= 4 is 5.97 Å². The molecule has 0 amide bonds. The fraction of sp³-hybridized carbons (Fsp3) is 0.889. The third-order valence-corrected chi connectivity index (χ3v) is 3.28. The van der Waals surface area contributed by atoms with Gasteiger partial charge in [-0.2, -0.15) is 0 Å². The number of carboxylic acid groups (broad SMARTS) is 1. The molecule has 0 spiro atoms. The van der Waals surface area contributed by atoms with Crippen molar-refractivity contribution in [3.63, 3.8) is 0 Å². The van der Waals surface area contributed by atoms with E-state index in [1.807, 2.05) is 13.8 Å². The molecule has 0 aromatic heterocycles. The summed E-state index contributed by atoms with van der Waals surface area (Å²) in [5.41, 5.74) is 5.38. The summed E-state index contributed by atoms with van der Waals surface area (Å²) in [5.74, 6) is -0.314. The van der Waals surface area contributed by atoms with E-state index in [2.05, 4.69) is 0 Å². The maximum atomic E-state index is 10.7. The molecule has 70 valence electrons. The Balaban J connectivity index is 2.53. The van der Waals surface area contributed by atoms with Crippen molar-refractivity contribution in [2.75, 3.05) is 6.54 Å². The van der Waals surface area contributed by atoms with Crippen LogP contribution in [0, 0.1) is 17.3 Å². The molecular formula is C9H17NO2. The Morgan fingerprint density at radius 2 is 2.25 bits per heavy atom. The fourth-order valence-corrected chi connectivity index (χ4v) is 2.13. The fourth-order valence-electron chi connectivity index (χ4n) is 2.13. The van der Waals surface area contributed by atoms with Gasteiger partial charge < -0.3 is 10.8 Å². The maximum Gasteiger partial charge on any atom is 0.307 e. The van der Waals surface area contributed by atoms with Gasteiger partial charge in [-0.1, -0.05) is 13.8 Å². The van der Waals surface area contributed by atoms with Crippen LogP contribution in [0.25, 0.3) is 0 Å². The zero-order valence-electron chi connectivity index (χ0n) is 7.71. The first kappa shape index (κ1) is 9.52. The number of nitrogens with two attached hydrogens (primary N) is 1. The molecule has 1 saturated carbocycles. The number of carboxylic acids is 1. The highest BCUT2D eigenvalue weighted by Crippen LogP contribution is 2.52. The lowest BCUT2D eigenvalue weighted by atomic mass is 9.54. The molecule has 0 aromatic rings. The van der Waals surface area contributed by atoms with Gasteiger partial charge >= 0.3 is 5.97 Å². The average Bonchev–Trinajstić information content (AvgIpc) is 1.96. The van der Waals surface area contributed by atoms with E-state index in [9.17, 15) is 4.79 Å². The Labute approximate surface area is 72.9 Å². The second-order valence-electron chi connectivity index (χ2n) is 4.22. The first-order valence-electron chi connectivity index (χ1n) is 4.43. The van der Waals surface area contributed by atoms with Crippen LogP contribution in [0.15, 0.2) is 0 Å². The summed E-state index contributed by atoms with van der Waals surface area (Å²) >= 11 is 0. The Bertz CT molecular complexity index is 189. The number of aliphatic carboxylic acids is 1. The molecule has 2 unspecified atom stereocenters. The molecule has 1 aliphatic carbocycles. The monoisotopic (exact) mass is 171 g/mol. The third kappa shape index (κ3) is 1.33. The van der Waals surface area contributed by atoms with Crippen LogP contribution in [0.4, 0.5) is 0 Å². The first-order chi connectivity index (χ1) is 5.50. The standard InChI is InChI=1S/C9H17NO2/c1-9(2)6(3-4-10)5-7(9)8(11)12/h6-7H,3-5,10H2,1-2H3,(H,11,12). The summed E-state index contributed by atoms with van der Waals surface area (Å²) in [6.07, 6.45) is 1.76. The first-order valence-corrected chi connectivity index (χ1v) is 4.43. The SMILES string of the molecule is CC1(C)C(CCN)CC1C(=O)O. The molecule has 3 heteroatoms. The van der Waals surface area contributed by atoms with Crippen LogP contribution in [0.1, 0.15) is 26.7 Å². The third-order valence-electron chi connectivity index (χ3n) is 3.28. The van der Waals surface area contributed by atoms with Gasteiger partial charge in [0.2, 0.25) is 0 Å². The van der Waals surface area contributed by atoms with Crippen molar-refractivity contribution in [2.24, 2.45) is 23.0 Å². The van der Waals surface area contributed by atoms with E-state index in [4.69, 9.17) is 10.8 Å². The number of carbonyl (C=O) groups is 1. The molecule has 3 N–H and O–H groups in total. The Kier molecular flexibility index (Phi) is 2.42. The van der Waals surface area contributed by atoms with E-state index in [0.29, 0.717) is 12.5 Å². The molecule has 0 heterocycles. The van der Waals surface area contributed by atoms with Gasteiger partial charge in [-0.3, -0.25) is 4.79 Å². The Morgan fingerprint density at radius 3 is 2.58 bits per heavy atom. The molecule has 0 aromatic carbocycles. The smallest absolute Gasteiger partial charge is 0.307 e. The normalized spacial score (nSPS) is 32.6. The zero-order valence-corrected chi connectivity index (χ0v) is 7.71. The predicted octanol–water partition coefficient (Wildman–Crippen LogP) is 1.08. The summed E-state index contributed by atoms with van der Waals surface area (Å²) in [4.78, 5) is 10.7. The molecule has 12 heavy (non-hydrogen) atoms. The highest BCUT2D eigenvalue weighted by atomic mass is 16.4. The average molecular weight is 171 g/mol. The highest BCUT2D eigenvalue weighted by Gasteiger charge is 2.50. The minimum absolute atomic E-state index is 0.0504. The minimum Gasteiger partial charge on any atom is -0.481 e. The van der Waals surface area contributed by atoms with Crippen molar-refractivity contribution < 1.29 is 9.90 Å². The summed E-state index contributed by atoms with van der Waals surface area (Å²) in [6.45, 7) is 4.71. The van der Waals surface area contributed by atoms with Gasteiger partial charge in [0.15, 0.2) is 0 Å². The molecule has 1 rings (SSSR count). The van der Waals surface area contributed by atoms with Gasteiger partial charge in [-0.25, -0.2) is 0 Å². The van der Waals surface area contributed by atoms with Gasteiger partial charge in [0.25, 0.3) is 0 Å². The largest absolute Gasteiger partial charge is 0.481 e. The molecular weight excluding hydrogens is 154 g/mol. The predicted molar refractivity (Wildman–Crippen MR) is 46.7 cm³/mol. The van der Waals surface area contributed by atoms with Crippen LogP contribution < -0.4 is 5.73 Å². The maximum absolute atomic E-state index is 10.7. The van der Waals surface area contributed by atoms with E-state index in [0.717, 1.165) is 12.8 Å². The van der Waals surface area contributed by atoms with E-state index in [-0.39, 0.29) is 11.3 Å². The van der Waals surface area contributed by atoms with Gasteiger partial charge in [-0.15, -0.1) is 0 Å². The number of hydrogen-bond acceptors (Lipinski definition) is 2. The van der Waals surface area contributed by atoms with E-state index in [1.54, 1.807) is 0 Å². The van der Waals surface area contributed by atoms with E-state index in [1.165, 1.54) is 0 Å². The van der Waals surface area contributed by atoms with Crippen LogP contribution in [0.3, 0.4) is 0 Å². The molecule has 2 atom stereocenters. The summed E-state index contributed by atoms with van der Waals surface area (Å²) in [6, 6.07) is 0. The molecule has 3 nitrogen and oxygen atoms in total. The Hall–Kier alpha value is -0.570. The quantitative estimate of drug-likeness (QED) is 0.668. The summed E-state index contributed by atoms with van der Waals surface area (Å²) in [5, 5.41) is 8.82. The van der Waals surface area contributed by atoms with Crippen LogP contribution in [0.2, 0.25) is 0 Å². The lowest BCUT2D eigenvalue weighted by molar-refractivity contribution is -0.159. The minimum atomic E-state index is -0.659. The van der Waals surface area contributed by atoms with Crippen molar-refractivity contribution in [3.05, 3.63) is 0 Å². The highest BCUT2D eigenvalue weighted by molar-refractivity contribution is 5.72. The molecule has 0 saturated heterocycles. The van der Waals surface area contributed by atoms with Gasteiger partial charge in [0.05, 0.1) is 5.92 Å². The van der Waals surface area contributed by atoms with Gasteiger partial charge in [0, 0.05) is 0 Å². The molecule has 0 radical (unpaired) electrons. The van der Waals surface area contributed by atoms with Crippen LogP contribution in [0.5, 0.6) is 0 Å². The van der Waals surface area contributed by atoms with E-state index < -0.39 is 5.97 Å². The lowest BCUT2D eigenvalue weighted by Gasteiger charge is -2.50. The van der Waals surface area contributed by atoms with E-state index >= 15 is 0 Å². The van der Waals surface area contributed by atoms with Crippen molar-refractivity contribution in [1.82, 2.24) is 0 Å². The van der Waals surface area contributed by atoms with Crippen molar-refractivity contribution in [2.45, 2.75) is 26.7 Å². The van der Waals surface area contributed by atoms with Crippen molar-refractivity contribution in [3.8, 4) is 0 Å². The number of hydrogen-bond donors (Lipinski definition) is 2. The summed E-state index contributed by atoms with van der Waals surface area (Å²) < 4.78 is 0. The van der Waals surface area contributed by atoms with Crippen molar-refractivity contribution in [1.29, 1.82) is 0 Å². The second kappa shape index (κ2) is 3.05. The second-order valence-corrected chi connectivity index (χ2v) is 4.22. The zero-order chi connectivity index (χ0) is 9.35. The summed E-state index contributed by atoms with van der Waals surface area (Å²) in [7, 11) is 0. The molecule has 0 bridgehead atoms. The molecule has 1 aliphatic rings. The van der Waals surface area contributed by atoms with Crippen LogP contribution in [-0.2, 0) is 4.79 Å².